The minimum atomic E-state index is -0.201. The van der Waals surface area contributed by atoms with Crippen LogP contribution in [0.5, 0.6) is 5.75 Å². The van der Waals surface area contributed by atoms with E-state index in [1.807, 2.05) is 35.2 Å². The summed E-state index contributed by atoms with van der Waals surface area (Å²) < 4.78 is 16.3. The lowest BCUT2D eigenvalue weighted by Gasteiger charge is -2.29. The third-order valence-corrected chi connectivity index (χ3v) is 6.22. The molecule has 2 aromatic rings. The molecule has 0 radical (unpaired) electrons. The van der Waals surface area contributed by atoms with Gasteiger partial charge in [0, 0.05) is 48.9 Å². The zero-order valence-electron chi connectivity index (χ0n) is 19.7. The standard InChI is InChI=1S/C26H31N3O5/c1-3-33-24(30)15-18-14-21-8-9-22(16-23(21)34-17-18)28(2)26(31)20-6-4-19(5-7-20)25(27)29-10-12-32-13-11-29/h4-9,16,18,27H,3,10-15,17H2,1-2H3. The van der Waals surface area contributed by atoms with Crippen LogP contribution in [0.2, 0.25) is 0 Å². The fourth-order valence-electron chi connectivity index (χ4n) is 4.27. The Balaban J connectivity index is 1.40. The molecule has 2 aromatic carbocycles. The number of hydrogen-bond donors (Lipinski definition) is 1. The highest BCUT2D eigenvalue weighted by molar-refractivity contribution is 6.06. The van der Waals surface area contributed by atoms with Gasteiger partial charge in [0.05, 0.1) is 32.8 Å². The molecule has 4 rings (SSSR count). The van der Waals surface area contributed by atoms with Crippen LogP contribution < -0.4 is 9.64 Å². The number of nitrogens with one attached hydrogen (secondary N) is 1. The maximum absolute atomic E-state index is 13.1. The molecule has 1 N–H and O–H groups in total. The van der Waals surface area contributed by atoms with E-state index < -0.39 is 0 Å². The molecule has 34 heavy (non-hydrogen) atoms. The number of esters is 1. The zero-order chi connectivity index (χ0) is 24.1. The van der Waals surface area contributed by atoms with E-state index in [0.29, 0.717) is 57.3 Å². The van der Waals surface area contributed by atoms with E-state index in [4.69, 9.17) is 19.6 Å². The molecule has 8 heteroatoms. The highest BCUT2D eigenvalue weighted by atomic mass is 16.5. The van der Waals surface area contributed by atoms with E-state index >= 15 is 0 Å². The first-order chi connectivity index (χ1) is 16.5. The van der Waals surface area contributed by atoms with Gasteiger partial charge >= 0.3 is 5.97 Å². The number of anilines is 1. The Morgan fingerprint density at radius 2 is 1.82 bits per heavy atom. The predicted molar refractivity (Wildman–Crippen MR) is 129 cm³/mol. The molecular weight excluding hydrogens is 434 g/mol. The van der Waals surface area contributed by atoms with Gasteiger partial charge in [-0.1, -0.05) is 18.2 Å². The maximum atomic E-state index is 13.1. The summed E-state index contributed by atoms with van der Waals surface area (Å²) in [6, 6.07) is 12.9. The Morgan fingerprint density at radius 1 is 1.12 bits per heavy atom. The highest BCUT2D eigenvalue weighted by Gasteiger charge is 2.24. The first-order valence-corrected chi connectivity index (χ1v) is 11.7. The average Bonchev–Trinajstić information content (AvgIpc) is 2.88. The first-order valence-electron chi connectivity index (χ1n) is 11.7. The van der Waals surface area contributed by atoms with Crippen LogP contribution >= 0.6 is 0 Å². The second-order valence-electron chi connectivity index (χ2n) is 8.57. The Labute approximate surface area is 199 Å². The SMILES string of the molecule is CCOC(=O)CC1COc2cc(N(C)C(=O)c3ccc(C(=N)N4CCOCC4)cc3)ccc2C1. The van der Waals surface area contributed by atoms with Crippen molar-refractivity contribution in [1.82, 2.24) is 4.90 Å². The van der Waals surface area contributed by atoms with Crippen LogP contribution in [-0.4, -0.2) is 69.2 Å². The van der Waals surface area contributed by atoms with E-state index in [2.05, 4.69) is 0 Å². The smallest absolute Gasteiger partial charge is 0.306 e. The van der Waals surface area contributed by atoms with Crippen LogP contribution in [0.15, 0.2) is 42.5 Å². The predicted octanol–water partition coefficient (Wildman–Crippen LogP) is 3.13. The largest absolute Gasteiger partial charge is 0.493 e. The van der Waals surface area contributed by atoms with Gasteiger partial charge in [0.15, 0.2) is 0 Å². The van der Waals surface area contributed by atoms with E-state index in [0.717, 1.165) is 29.0 Å². The number of benzene rings is 2. The number of carbonyl (C=O) groups is 2. The summed E-state index contributed by atoms with van der Waals surface area (Å²) in [6.45, 7) is 5.28. The van der Waals surface area contributed by atoms with Crippen molar-refractivity contribution in [2.24, 2.45) is 5.92 Å². The van der Waals surface area contributed by atoms with E-state index in [9.17, 15) is 9.59 Å². The number of nitrogens with zero attached hydrogens (tertiary/aromatic N) is 2. The van der Waals surface area contributed by atoms with Crippen LogP contribution in [-0.2, 0) is 20.7 Å². The van der Waals surface area contributed by atoms with Gasteiger partial charge < -0.3 is 24.0 Å². The molecule has 1 saturated heterocycles. The van der Waals surface area contributed by atoms with Gasteiger partial charge in [-0.25, -0.2) is 0 Å². The van der Waals surface area contributed by atoms with Crippen molar-refractivity contribution in [2.75, 3.05) is 51.5 Å². The molecule has 1 fully saturated rings. The maximum Gasteiger partial charge on any atom is 0.306 e. The number of morpholine rings is 1. The van der Waals surface area contributed by atoms with Crippen LogP contribution in [0, 0.1) is 11.3 Å². The van der Waals surface area contributed by atoms with Crippen LogP contribution in [0.4, 0.5) is 5.69 Å². The van der Waals surface area contributed by atoms with E-state index in [-0.39, 0.29) is 17.8 Å². The lowest BCUT2D eigenvalue weighted by atomic mass is 9.94. The molecule has 1 atom stereocenters. The van der Waals surface area contributed by atoms with Gasteiger partial charge in [-0.05, 0) is 37.1 Å². The lowest BCUT2D eigenvalue weighted by Crippen LogP contribution is -2.40. The first kappa shape index (κ1) is 23.8. The quantitative estimate of drug-likeness (QED) is 0.400. The third-order valence-electron chi connectivity index (χ3n) is 6.22. The fraction of sp³-hybridized carbons (Fsp3) is 0.423. The minimum Gasteiger partial charge on any atom is -0.493 e. The minimum absolute atomic E-state index is 0.0893. The molecule has 2 heterocycles. The topological polar surface area (TPSA) is 92.2 Å². The monoisotopic (exact) mass is 465 g/mol. The zero-order valence-corrected chi connectivity index (χ0v) is 19.7. The van der Waals surface area contributed by atoms with Gasteiger partial charge in [0.25, 0.3) is 5.91 Å². The van der Waals surface area contributed by atoms with Crippen molar-refractivity contribution in [1.29, 1.82) is 5.41 Å². The molecule has 2 aliphatic rings. The Morgan fingerprint density at radius 3 is 2.53 bits per heavy atom. The number of fused-ring (bicyclic) bond motifs is 1. The Bertz CT molecular complexity index is 1050. The molecule has 0 aliphatic carbocycles. The molecule has 8 nitrogen and oxygen atoms in total. The van der Waals surface area contributed by atoms with Gasteiger partial charge in [-0.3, -0.25) is 15.0 Å². The molecule has 1 unspecified atom stereocenters. The van der Waals surface area contributed by atoms with Crippen LogP contribution in [0.1, 0.15) is 34.8 Å². The lowest BCUT2D eigenvalue weighted by molar-refractivity contribution is -0.144. The van der Waals surface area contributed by atoms with Crippen molar-refractivity contribution in [3.8, 4) is 5.75 Å². The number of amides is 1. The molecular formula is C26H31N3O5. The van der Waals surface area contributed by atoms with Crippen molar-refractivity contribution in [3.05, 3.63) is 59.2 Å². The molecule has 2 aliphatic heterocycles. The number of rotatable bonds is 6. The van der Waals surface area contributed by atoms with E-state index in [1.54, 1.807) is 31.0 Å². The van der Waals surface area contributed by atoms with Crippen LogP contribution in [0.25, 0.3) is 0 Å². The fourth-order valence-corrected chi connectivity index (χ4v) is 4.27. The summed E-state index contributed by atoms with van der Waals surface area (Å²) in [5.74, 6) is 0.940. The normalized spacial score (nSPS) is 17.4. The number of ether oxygens (including phenoxy) is 3. The highest BCUT2D eigenvalue weighted by Crippen LogP contribution is 2.32. The third kappa shape index (κ3) is 5.39. The second-order valence-corrected chi connectivity index (χ2v) is 8.57. The number of hydrogen-bond acceptors (Lipinski definition) is 6. The van der Waals surface area contributed by atoms with Gasteiger partial charge in [-0.2, -0.15) is 0 Å². The van der Waals surface area contributed by atoms with Crippen molar-refractivity contribution in [2.45, 2.75) is 19.8 Å². The molecule has 0 spiro atoms. The molecule has 0 saturated carbocycles. The number of amidine groups is 1. The molecule has 1 amide bonds. The average molecular weight is 466 g/mol. The van der Waals surface area contributed by atoms with Gasteiger partial charge in [0.2, 0.25) is 0 Å². The summed E-state index contributed by atoms with van der Waals surface area (Å²) in [5.41, 5.74) is 3.09. The van der Waals surface area contributed by atoms with E-state index in [1.165, 1.54) is 0 Å². The summed E-state index contributed by atoms with van der Waals surface area (Å²) >= 11 is 0. The molecule has 0 aromatic heterocycles. The van der Waals surface area contributed by atoms with Crippen molar-refractivity contribution in [3.63, 3.8) is 0 Å². The van der Waals surface area contributed by atoms with Gasteiger partial charge in [0.1, 0.15) is 11.6 Å². The number of carbonyl (C=O) groups excluding carboxylic acids is 2. The Hall–Kier alpha value is -3.39. The Kier molecular flexibility index (Phi) is 7.47. The van der Waals surface area contributed by atoms with Gasteiger partial charge in [-0.15, -0.1) is 0 Å². The summed E-state index contributed by atoms with van der Waals surface area (Å²) in [4.78, 5) is 28.4. The molecule has 180 valence electrons. The second kappa shape index (κ2) is 10.7. The van der Waals surface area contributed by atoms with Crippen LogP contribution in [0.3, 0.4) is 0 Å². The molecule has 0 bridgehead atoms. The van der Waals surface area contributed by atoms with Crippen molar-refractivity contribution < 1.29 is 23.8 Å². The van der Waals surface area contributed by atoms with Crippen molar-refractivity contribution >= 4 is 23.4 Å². The summed E-state index contributed by atoms with van der Waals surface area (Å²) in [7, 11) is 1.74. The summed E-state index contributed by atoms with van der Waals surface area (Å²) in [5, 5.41) is 8.42. The summed E-state index contributed by atoms with van der Waals surface area (Å²) in [6.07, 6.45) is 1.08.